The van der Waals surface area contributed by atoms with Crippen molar-refractivity contribution in [1.82, 2.24) is 10.6 Å². The van der Waals surface area contributed by atoms with Crippen LogP contribution in [-0.4, -0.2) is 29.9 Å². The van der Waals surface area contributed by atoms with E-state index in [4.69, 9.17) is 4.74 Å². The van der Waals surface area contributed by atoms with Gasteiger partial charge >= 0.3 is 5.97 Å². The molecular formula is C16H20N2O4. The Morgan fingerprint density at radius 2 is 1.82 bits per heavy atom. The van der Waals surface area contributed by atoms with Crippen LogP contribution in [-0.2, 0) is 19.1 Å². The van der Waals surface area contributed by atoms with Crippen LogP contribution in [0.4, 0.5) is 0 Å². The van der Waals surface area contributed by atoms with Crippen molar-refractivity contribution in [2.24, 2.45) is 0 Å². The Bertz CT molecular complexity index is 555. The van der Waals surface area contributed by atoms with Gasteiger partial charge < -0.3 is 15.4 Å². The maximum Gasteiger partial charge on any atom is 0.329 e. The molecule has 2 N–H and O–H groups in total. The van der Waals surface area contributed by atoms with E-state index in [-0.39, 0.29) is 17.9 Å². The van der Waals surface area contributed by atoms with Gasteiger partial charge in [-0.1, -0.05) is 30.3 Å². The Hall–Kier alpha value is -2.37. The van der Waals surface area contributed by atoms with Gasteiger partial charge in [0, 0.05) is 18.5 Å². The molecule has 2 atom stereocenters. The van der Waals surface area contributed by atoms with Gasteiger partial charge in [-0.15, -0.1) is 0 Å². The second-order valence-electron chi connectivity index (χ2n) is 5.43. The number of benzene rings is 1. The number of hydrogen-bond donors (Lipinski definition) is 2. The molecule has 1 aliphatic rings. The van der Waals surface area contributed by atoms with Gasteiger partial charge in [0.2, 0.25) is 12.0 Å². The zero-order chi connectivity index (χ0) is 16.1. The summed E-state index contributed by atoms with van der Waals surface area (Å²) in [5.41, 5.74) is 0.601. The van der Waals surface area contributed by atoms with Crippen molar-refractivity contribution in [3.63, 3.8) is 0 Å². The molecule has 0 aliphatic heterocycles. The van der Waals surface area contributed by atoms with Gasteiger partial charge in [-0.2, -0.15) is 0 Å². The van der Waals surface area contributed by atoms with Crippen molar-refractivity contribution < 1.29 is 19.1 Å². The van der Waals surface area contributed by atoms with Crippen LogP contribution in [0.1, 0.15) is 38.4 Å². The number of carbonyl (C=O) groups is 3. The fourth-order valence-corrected chi connectivity index (χ4v) is 1.99. The maximum absolute atomic E-state index is 12.3. The largest absolute Gasteiger partial charge is 0.446 e. The van der Waals surface area contributed by atoms with Gasteiger partial charge in [0.05, 0.1) is 0 Å². The average molecular weight is 304 g/mol. The first-order valence-electron chi connectivity index (χ1n) is 7.30. The smallest absolute Gasteiger partial charge is 0.329 e. The lowest BCUT2D eigenvalue weighted by Crippen LogP contribution is -2.41. The quantitative estimate of drug-likeness (QED) is 0.770. The second-order valence-corrected chi connectivity index (χ2v) is 5.43. The molecule has 0 heterocycles. The highest BCUT2D eigenvalue weighted by atomic mass is 16.5. The van der Waals surface area contributed by atoms with Crippen molar-refractivity contribution in [1.29, 1.82) is 0 Å². The highest BCUT2D eigenvalue weighted by Gasteiger charge is 2.31. The van der Waals surface area contributed by atoms with Crippen LogP contribution in [0.25, 0.3) is 0 Å². The van der Waals surface area contributed by atoms with Crippen molar-refractivity contribution in [3.05, 3.63) is 35.9 Å². The highest BCUT2D eigenvalue weighted by molar-refractivity contribution is 5.88. The monoisotopic (exact) mass is 304 g/mol. The molecule has 0 bridgehead atoms. The Labute approximate surface area is 129 Å². The molecule has 1 aliphatic carbocycles. The minimum Gasteiger partial charge on any atom is -0.446 e. The molecule has 2 amide bonds. The van der Waals surface area contributed by atoms with Gasteiger partial charge in [0.25, 0.3) is 5.91 Å². The van der Waals surface area contributed by atoms with Crippen LogP contribution < -0.4 is 10.6 Å². The topological polar surface area (TPSA) is 84.5 Å². The number of carbonyl (C=O) groups excluding carboxylic acids is 3. The number of rotatable bonds is 6. The van der Waals surface area contributed by atoms with E-state index in [2.05, 4.69) is 10.6 Å². The van der Waals surface area contributed by atoms with Gasteiger partial charge in [-0.05, 0) is 19.8 Å². The van der Waals surface area contributed by atoms with Crippen LogP contribution in [0.5, 0.6) is 0 Å². The zero-order valence-corrected chi connectivity index (χ0v) is 12.7. The minimum atomic E-state index is -1.01. The summed E-state index contributed by atoms with van der Waals surface area (Å²) in [6.07, 6.45) is 0.887. The summed E-state index contributed by atoms with van der Waals surface area (Å²) in [5.74, 6) is -1.31. The molecule has 118 valence electrons. The average Bonchev–Trinajstić information content (AvgIpc) is 3.28. The number of hydrogen-bond acceptors (Lipinski definition) is 4. The highest BCUT2D eigenvalue weighted by Crippen LogP contribution is 2.23. The normalized spacial score (nSPS) is 16.3. The molecular weight excluding hydrogens is 284 g/mol. The molecule has 0 aromatic heterocycles. The minimum absolute atomic E-state index is 0.171. The second kappa shape index (κ2) is 7.06. The number of esters is 1. The van der Waals surface area contributed by atoms with E-state index in [0.717, 1.165) is 12.8 Å². The third-order valence-corrected chi connectivity index (χ3v) is 3.27. The Morgan fingerprint density at radius 3 is 2.36 bits per heavy atom. The third kappa shape index (κ3) is 4.58. The maximum atomic E-state index is 12.3. The summed E-state index contributed by atoms with van der Waals surface area (Å²) < 4.78 is 5.32. The molecule has 0 radical (unpaired) electrons. The third-order valence-electron chi connectivity index (χ3n) is 3.27. The molecule has 0 spiro atoms. The summed E-state index contributed by atoms with van der Waals surface area (Å²) in [4.78, 5) is 35.4. The summed E-state index contributed by atoms with van der Waals surface area (Å²) in [6, 6.07) is 8.19. The molecule has 0 saturated heterocycles. The Morgan fingerprint density at radius 1 is 1.18 bits per heavy atom. The zero-order valence-electron chi connectivity index (χ0n) is 12.7. The predicted molar refractivity (Wildman–Crippen MR) is 79.7 cm³/mol. The molecule has 22 heavy (non-hydrogen) atoms. The molecule has 0 unspecified atom stereocenters. The van der Waals surface area contributed by atoms with Crippen molar-refractivity contribution in [2.75, 3.05) is 0 Å². The van der Waals surface area contributed by atoms with E-state index in [9.17, 15) is 14.4 Å². The molecule has 1 fully saturated rings. The van der Waals surface area contributed by atoms with Gasteiger partial charge in [-0.3, -0.25) is 9.59 Å². The Kier molecular flexibility index (Phi) is 5.14. The predicted octanol–water partition coefficient (Wildman–Crippen LogP) is 1.07. The SMILES string of the molecule is CC(=O)N[C@@H](C)C(=O)O[C@H](C(=O)NC1CC1)c1ccccc1. The van der Waals surface area contributed by atoms with Crippen molar-refractivity contribution in [2.45, 2.75) is 44.9 Å². The van der Waals surface area contributed by atoms with Crippen LogP contribution in [0.3, 0.4) is 0 Å². The Balaban J connectivity index is 2.08. The lowest BCUT2D eigenvalue weighted by molar-refractivity contribution is -0.158. The van der Waals surface area contributed by atoms with Crippen molar-refractivity contribution in [3.8, 4) is 0 Å². The van der Waals surface area contributed by atoms with E-state index in [1.807, 2.05) is 6.07 Å². The van der Waals surface area contributed by atoms with E-state index in [0.29, 0.717) is 5.56 Å². The molecule has 6 heteroatoms. The van der Waals surface area contributed by atoms with Crippen LogP contribution in [0, 0.1) is 0 Å². The lowest BCUT2D eigenvalue weighted by Gasteiger charge is -2.20. The van der Waals surface area contributed by atoms with Crippen LogP contribution in [0.2, 0.25) is 0 Å². The van der Waals surface area contributed by atoms with E-state index < -0.39 is 18.1 Å². The van der Waals surface area contributed by atoms with E-state index in [1.54, 1.807) is 24.3 Å². The van der Waals surface area contributed by atoms with Gasteiger partial charge in [-0.25, -0.2) is 4.79 Å². The first-order valence-corrected chi connectivity index (χ1v) is 7.30. The summed E-state index contributed by atoms with van der Waals surface area (Å²) >= 11 is 0. The first-order chi connectivity index (χ1) is 10.5. The molecule has 6 nitrogen and oxygen atoms in total. The van der Waals surface area contributed by atoms with E-state index in [1.165, 1.54) is 13.8 Å². The van der Waals surface area contributed by atoms with E-state index >= 15 is 0 Å². The molecule has 2 rings (SSSR count). The summed E-state index contributed by atoms with van der Waals surface area (Å²) in [6.45, 7) is 2.84. The first kappa shape index (κ1) is 16.0. The molecule has 1 aromatic rings. The van der Waals surface area contributed by atoms with Crippen LogP contribution >= 0.6 is 0 Å². The molecule has 1 saturated carbocycles. The number of amides is 2. The van der Waals surface area contributed by atoms with Gasteiger partial charge in [0.15, 0.2) is 0 Å². The summed E-state index contributed by atoms with van der Waals surface area (Å²) in [5, 5.41) is 5.28. The van der Waals surface area contributed by atoms with Crippen LogP contribution in [0.15, 0.2) is 30.3 Å². The fraction of sp³-hybridized carbons (Fsp3) is 0.438. The lowest BCUT2D eigenvalue weighted by atomic mass is 10.1. The summed E-state index contributed by atoms with van der Waals surface area (Å²) in [7, 11) is 0. The number of nitrogens with one attached hydrogen (secondary N) is 2. The number of ether oxygens (including phenoxy) is 1. The fourth-order valence-electron chi connectivity index (χ4n) is 1.99. The van der Waals surface area contributed by atoms with Gasteiger partial charge in [0.1, 0.15) is 6.04 Å². The van der Waals surface area contributed by atoms with Crippen molar-refractivity contribution >= 4 is 17.8 Å². The standard InChI is InChI=1S/C16H20N2O4/c1-10(17-11(2)19)16(21)22-14(12-6-4-3-5-7-12)15(20)18-13-8-9-13/h3-7,10,13-14H,8-9H2,1-2H3,(H,17,19)(H,18,20)/t10-,14-/m0/s1. The molecule has 1 aromatic carbocycles.